The van der Waals surface area contributed by atoms with Crippen molar-refractivity contribution in [2.24, 2.45) is 5.73 Å². The molecule has 3 rings (SSSR count). The number of benzene rings is 2. The first-order valence-corrected chi connectivity index (χ1v) is 8.71. The van der Waals surface area contributed by atoms with E-state index >= 15 is 0 Å². The molecule has 7 heteroatoms. The maximum atomic E-state index is 12.7. The van der Waals surface area contributed by atoms with E-state index in [1.807, 2.05) is 36.4 Å². The molecule has 0 saturated heterocycles. The van der Waals surface area contributed by atoms with Crippen LogP contribution in [0.3, 0.4) is 0 Å². The van der Waals surface area contributed by atoms with Crippen LogP contribution in [0, 0.1) is 0 Å². The van der Waals surface area contributed by atoms with Gasteiger partial charge in [-0.2, -0.15) is 0 Å². The number of fused-ring (bicyclic) bond motifs is 2. The van der Waals surface area contributed by atoms with Crippen molar-refractivity contribution in [1.82, 2.24) is 14.9 Å². The summed E-state index contributed by atoms with van der Waals surface area (Å²) in [7, 11) is 0. The number of aromatic nitrogens is 2. The molecule has 3 aromatic rings. The van der Waals surface area contributed by atoms with Crippen molar-refractivity contribution in [2.75, 3.05) is 6.54 Å². The molecule has 0 spiro atoms. The predicted molar refractivity (Wildman–Crippen MR) is 105 cm³/mol. The quantitative estimate of drug-likeness (QED) is 0.444. The maximum Gasteiger partial charge on any atom is 0.261 e. The van der Waals surface area contributed by atoms with Crippen molar-refractivity contribution in [3.8, 4) is 0 Å². The van der Waals surface area contributed by atoms with E-state index in [1.165, 1.54) is 17.8 Å². The van der Waals surface area contributed by atoms with Crippen molar-refractivity contribution < 1.29 is 9.90 Å². The van der Waals surface area contributed by atoms with Crippen LogP contribution in [0.25, 0.3) is 21.7 Å². The molecule has 27 heavy (non-hydrogen) atoms. The minimum Gasteiger partial charge on any atom is -0.391 e. The highest BCUT2D eigenvalue weighted by molar-refractivity contribution is 5.95. The van der Waals surface area contributed by atoms with Gasteiger partial charge in [-0.05, 0) is 29.8 Å². The summed E-state index contributed by atoms with van der Waals surface area (Å²) in [5, 5.41) is 14.5. The molecule has 140 valence electrons. The number of hydrogen-bond donors (Lipinski definition) is 3. The molecule has 0 bridgehead atoms. The van der Waals surface area contributed by atoms with E-state index in [0.29, 0.717) is 17.4 Å². The Balaban J connectivity index is 1.70. The first-order valence-electron chi connectivity index (χ1n) is 8.71. The van der Waals surface area contributed by atoms with Gasteiger partial charge in [-0.15, -0.1) is 0 Å². The Kier molecular flexibility index (Phi) is 5.63. The largest absolute Gasteiger partial charge is 0.391 e. The molecule has 7 nitrogen and oxygen atoms in total. The summed E-state index contributed by atoms with van der Waals surface area (Å²) in [6, 6.07) is 10.6. The van der Waals surface area contributed by atoms with Crippen LogP contribution in [0.1, 0.15) is 6.92 Å². The number of carbonyl (C=O) groups is 1. The highest BCUT2D eigenvalue weighted by Crippen LogP contribution is 2.18. The second-order valence-corrected chi connectivity index (χ2v) is 6.40. The van der Waals surface area contributed by atoms with Crippen LogP contribution >= 0.6 is 0 Å². The first-order chi connectivity index (χ1) is 13.0. The van der Waals surface area contributed by atoms with Crippen LogP contribution in [-0.2, 0) is 11.3 Å². The standard InChI is InChI=1S/C20H22N4O3/c1-13(25)18(21)19(26)22-8-4-5-9-24-12-23-17-11-15-7-3-2-6-14(15)10-16(17)20(24)27/h2-7,10-13,18,25H,8-9,21H2,1H3,(H,22,26)/b5-4+/t13-,18+/m1/s1. The number of rotatable bonds is 6. The van der Waals surface area contributed by atoms with Crippen molar-refractivity contribution in [2.45, 2.75) is 25.6 Å². The lowest BCUT2D eigenvalue weighted by atomic mass is 10.1. The third-order valence-corrected chi connectivity index (χ3v) is 4.38. The van der Waals surface area contributed by atoms with Gasteiger partial charge in [-0.3, -0.25) is 14.2 Å². The Bertz CT molecular complexity index is 1060. The number of aliphatic hydroxyl groups is 1. The van der Waals surface area contributed by atoms with E-state index in [0.717, 1.165) is 10.8 Å². The molecule has 0 radical (unpaired) electrons. The Hall–Kier alpha value is -3.03. The van der Waals surface area contributed by atoms with Crippen molar-refractivity contribution >= 4 is 27.6 Å². The molecule has 4 N–H and O–H groups in total. The van der Waals surface area contributed by atoms with Crippen molar-refractivity contribution in [1.29, 1.82) is 0 Å². The first kappa shape index (κ1) is 18.8. The Morgan fingerprint density at radius 2 is 2.00 bits per heavy atom. The molecule has 0 aliphatic heterocycles. The number of nitrogens with zero attached hydrogens (tertiary/aromatic N) is 2. The molecule has 0 saturated carbocycles. The number of allylic oxidation sites excluding steroid dienone is 1. The zero-order chi connectivity index (χ0) is 19.4. The van der Waals surface area contributed by atoms with Crippen LogP contribution in [-0.4, -0.2) is 39.3 Å². The molecule has 1 amide bonds. The second kappa shape index (κ2) is 8.11. The molecule has 0 fully saturated rings. The third kappa shape index (κ3) is 4.21. The molecule has 2 atom stereocenters. The maximum absolute atomic E-state index is 12.7. The van der Waals surface area contributed by atoms with E-state index < -0.39 is 18.1 Å². The predicted octanol–water partition coefficient (Wildman–Crippen LogP) is 0.930. The van der Waals surface area contributed by atoms with Gasteiger partial charge in [0.1, 0.15) is 6.04 Å². The molecule has 0 aliphatic carbocycles. The van der Waals surface area contributed by atoms with Gasteiger partial charge in [0.05, 0.1) is 23.3 Å². The Morgan fingerprint density at radius 3 is 2.70 bits per heavy atom. The summed E-state index contributed by atoms with van der Waals surface area (Å²) in [5.74, 6) is -0.425. The van der Waals surface area contributed by atoms with Crippen LogP contribution in [0.15, 0.2) is 59.7 Å². The molecular weight excluding hydrogens is 344 g/mol. The number of nitrogens with two attached hydrogens (primary N) is 1. The summed E-state index contributed by atoms with van der Waals surface area (Å²) in [6.07, 6.45) is 4.10. The molecule has 1 heterocycles. The van der Waals surface area contributed by atoms with Gasteiger partial charge in [0, 0.05) is 13.1 Å². The van der Waals surface area contributed by atoms with Crippen LogP contribution in [0.5, 0.6) is 0 Å². The Morgan fingerprint density at radius 1 is 1.30 bits per heavy atom. The van der Waals surface area contributed by atoms with Crippen LogP contribution in [0.2, 0.25) is 0 Å². The summed E-state index contributed by atoms with van der Waals surface area (Å²) < 4.78 is 1.51. The van der Waals surface area contributed by atoms with E-state index in [9.17, 15) is 14.7 Å². The van der Waals surface area contributed by atoms with Crippen LogP contribution in [0.4, 0.5) is 0 Å². The third-order valence-electron chi connectivity index (χ3n) is 4.38. The molecule has 1 aromatic heterocycles. The zero-order valence-electron chi connectivity index (χ0n) is 15.0. The highest BCUT2D eigenvalue weighted by Gasteiger charge is 2.17. The number of carbonyl (C=O) groups excluding carboxylic acids is 1. The fourth-order valence-electron chi connectivity index (χ4n) is 2.74. The fourth-order valence-corrected chi connectivity index (χ4v) is 2.74. The van der Waals surface area contributed by atoms with Gasteiger partial charge in [-0.1, -0.05) is 36.4 Å². The molecular formula is C20H22N4O3. The van der Waals surface area contributed by atoms with E-state index in [4.69, 9.17) is 5.73 Å². The molecule has 2 aromatic carbocycles. The monoisotopic (exact) mass is 366 g/mol. The average Bonchev–Trinajstić information content (AvgIpc) is 2.67. The normalized spacial score (nSPS) is 13.9. The van der Waals surface area contributed by atoms with Crippen molar-refractivity contribution in [3.63, 3.8) is 0 Å². The minimum absolute atomic E-state index is 0.115. The lowest BCUT2D eigenvalue weighted by Crippen LogP contribution is -2.47. The number of aliphatic hydroxyl groups excluding tert-OH is 1. The van der Waals surface area contributed by atoms with Gasteiger partial charge in [0.25, 0.3) is 5.56 Å². The topological polar surface area (TPSA) is 110 Å². The van der Waals surface area contributed by atoms with E-state index in [1.54, 1.807) is 12.2 Å². The lowest BCUT2D eigenvalue weighted by Gasteiger charge is -2.13. The molecule has 0 aliphatic rings. The fraction of sp³-hybridized carbons (Fsp3) is 0.250. The minimum atomic E-state index is -0.958. The van der Waals surface area contributed by atoms with Gasteiger partial charge in [0.15, 0.2) is 0 Å². The second-order valence-electron chi connectivity index (χ2n) is 6.40. The van der Waals surface area contributed by atoms with E-state index in [-0.39, 0.29) is 12.1 Å². The van der Waals surface area contributed by atoms with Crippen LogP contribution < -0.4 is 16.6 Å². The highest BCUT2D eigenvalue weighted by atomic mass is 16.3. The van der Waals surface area contributed by atoms with Gasteiger partial charge in [0.2, 0.25) is 5.91 Å². The lowest BCUT2D eigenvalue weighted by molar-refractivity contribution is -0.124. The Labute approximate surface area is 156 Å². The smallest absolute Gasteiger partial charge is 0.261 e. The van der Waals surface area contributed by atoms with E-state index in [2.05, 4.69) is 10.3 Å². The van der Waals surface area contributed by atoms with Gasteiger partial charge >= 0.3 is 0 Å². The number of amides is 1. The SMILES string of the molecule is C[C@@H](O)[C@H](N)C(=O)NC/C=C/Cn1cnc2cc3ccccc3cc2c1=O. The van der Waals surface area contributed by atoms with Gasteiger partial charge < -0.3 is 16.2 Å². The summed E-state index contributed by atoms with van der Waals surface area (Å²) >= 11 is 0. The summed E-state index contributed by atoms with van der Waals surface area (Å²) in [5.41, 5.74) is 6.09. The number of nitrogens with one attached hydrogen (secondary N) is 1. The van der Waals surface area contributed by atoms with Crippen molar-refractivity contribution in [3.05, 3.63) is 65.2 Å². The van der Waals surface area contributed by atoms with Gasteiger partial charge in [-0.25, -0.2) is 4.98 Å². The summed E-state index contributed by atoms with van der Waals surface area (Å²) in [4.78, 5) is 28.7. The summed E-state index contributed by atoms with van der Waals surface area (Å²) in [6.45, 7) is 2.06. The average molecular weight is 366 g/mol. The number of hydrogen-bond acceptors (Lipinski definition) is 5. The zero-order valence-corrected chi connectivity index (χ0v) is 15.0. The molecule has 0 unspecified atom stereocenters.